The molecule has 0 bridgehead atoms. The van der Waals surface area contributed by atoms with Crippen molar-refractivity contribution in [1.82, 2.24) is 0 Å². The molecule has 9 heavy (non-hydrogen) atoms. The van der Waals surface area contributed by atoms with Gasteiger partial charge in [-0.1, -0.05) is 0 Å². The van der Waals surface area contributed by atoms with E-state index in [4.69, 9.17) is 20.6 Å². The largest absolute Gasteiger partial charge is 2.00 e. The number of hydrogen-bond acceptors (Lipinski definition) is 4. The fraction of sp³-hybridized carbons (Fsp3) is 0. The van der Waals surface area contributed by atoms with Crippen LogP contribution in [-0.2, 0) is 17.1 Å². The van der Waals surface area contributed by atoms with Gasteiger partial charge in [-0.25, -0.2) is 0 Å². The van der Waals surface area contributed by atoms with Crippen LogP contribution in [0.3, 0.4) is 0 Å². The molecule has 0 aromatic carbocycles. The van der Waals surface area contributed by atoms with Gasteiger partial charge in [0.2, 0.25) is 0 Å². The van der Waals surface area contributed by atoms with E-state index in [2.05, 4.69) is 0 Å². The number of nitrogens with zero attached hydrogens (tertiary/aromatic N) is 2. The first-order chi connectivity index (χ1) is 3.83. The van der Waals surface area contributed by atoms with E-state index in [0.29, 0.717) is 0 Å². The fourth-order valence-electron chi connectivity index (χ4n) is 0. The van der Waals surface area contributed by atoms with Gasteiger partial charge in [-0.2, -0.15) is 12.8 Å². The van der Waals surface area contributed by atoms with Gasteiger partial charge < -0.3 is 20.6 Å². The van der Waals surface area contributed by atoms with Gasteiger partial charge >= 0.3 is 17.1 Å². The topological polar surface area (TPSA) is 106 Å². The van der Waals surface area contributed by atoms with Crippen LogP contribution >= 0.6 is 0 Å². The third-order valence-corrected chi connectivity index (χ3v) is 0.0894. The molecule has 0 unspecified atom stereocenters. The molecule has 6 nitrogen and oxygen atoms in total. The van der Waals surface area contributed by atoms with E-state index in [-0.39, 0.29) is 17.1 Å². The average Bonchev–Trinajstić information content (AvgIpc) is 1.88. The molecule has 0 aromatic heterocycles. The van der Waals surface area contributed by atoms with Crippen molar-refractivity contribution in [1.29, 1.82) is 0 Å². The minimum absolute atomic E-state index is 0. The maximum absolute atomic E-state index is 7.21. The summed E-state index contributed by atoms with van der Waals surface area (Å²) in [6.45, 7) is 0. The molecule has 0 spiro atoms. The molecule has 0 radical (unpaired) electrons. The van der Waals surface area contributed by atoms with Crippen molar-refractivity contribution in [2.75, 3.05) is 0 Å². The van der Waals surface area contributed by atoms with Crippen LogP contribution in [-0.4, -0.2) is 33.4 Å². The van der Waals surface area contributed by atoms with Crippen LogP contribution < -0.4 is 0 Å². The SMILES string of the molecule is O[C-]=NO.O[C-]=NO.[Fe+2]. The fourth-order valence-corrected chi connectivity index (χ4v) is 0. The molecule has 54 valence electrons. The summed E-state index contributed by atoms with van der Waals surface area (Å²) in [5.41, 5.74) is 0. The Hall–Kier alpha value is -0.941. The molecule has 0 aliphatic carbocycles. The zero-order valence-corrected chi connectivity index (χ0v) is 5.14. The molecule has 4 N–H and O–H groups in total. The summed E-state index contributed by atoms with van der Waals surface area (Å²) < 4.78 is 0. The molecule has 7 heteroatoms. The van der Waals surface area contributed by atoms with E-state index >= 15 is 0 Å². The van der Waals surface area contributed by atoms with Crippen molar-refractivity contribution in [3.05, 3.63) is 0 Å². The predicted molar refractivity (Wildman–Crippen MR) is 23.7 cm³/mol. The molecule has 0 saturated carbocycles. The predicted octanol–water partition coefficient (Wildman–Crippen LogP) is -0.325. The first kappa shape index (κ1) is 15.7. The van der Waals surface area contributed by atoms with Crippen molar-refractivity contribution < 1.29 is 37.7 Å². The number of aliphatic hydroxyl groups excluding tert-OH is 2. The maximum atomic E-state index is 7.21. The van der Waals surface area contributed by atoms with Crippen LogP contribution in [0.25, 0.3) is 0 Å². The third-order valence-electron chi connectivity index (χ3n) is 0.0894. The summed E-state index contributed by atoms with van der Waals surface area (Å²) in [6.07, 6.45) is 2.22. The summed E-state index contributed by atoms with van der Waals surface area (Å²) in [6, 6.07) is 0. The van der Waals surface area contributed by atoms with Gasteiger partial charge in [-0.15, -0.1) is 0 Å². The monoisotopic (exact) mass is 176 g/mol. The van der Waals surface area contributed by atoms with Gasteiger partial charge in [0.05, 0.1) is 0 Å². The summed E-state index contributed by atoms with van der Waals surface area (Å²) in [7, 11) is 0. The molecular weight excluding hydrogens is 172 g/mol. The quantitative estimate of drug-likeness (QED) is 0.101. The van der Waals surface area contributed by atoms with Crippen LogP contribution in [0, 0.1) is 0 Å². The average molecular weight is 176 g/mol. The van der Waals surface area contributed by atoms with Crippen LogP contribution in [0.15, 0.2) is 10.3 Å². The standard InChI is InChI=1S/2CH2NO2.Fe/c2*3-1-2-4;/h2*4H,(H,2,3);/q2*-1;+2. The minimum Gasteiger partial charge on any atom is -0.683 e. The van der Waals surface area contributed by atoms with Gasteiger partial charge in [-0.3, -0.25) is 10.3 Å². The van der Waals surface area contributed by atoms with E-state index in [9.17, 15) is 0 Å². The van der Waals surface area contributed by atoms with Crippen LogP contribution in [0.2, 0.25) is 0 Å². The zero-order chi connectivity index (χ0) is 6.83. The van der Waals surface area contributed by atoms with Crippen molar-refractivity contribution in [3.8, 4) is 0 Å². The Morgan fingerprint density at radius 3 is 1.00 bits per heavy atom. The van der Waals surface area contributed by atoms with Gasteiger partial charge in [0, 0.05) is 0 Å². The summed E-state index contributed by atoms with van der Waals surface area (Å²) in [4.78, 5) is 0. The molecule has 0 aliphatic heterocycles. The Morgan fingerprint density at radius 2 is 1.00 bits per heavy atom. The third kappa shape index (κ3) is 161. The Bertz CT molecular complexity index is 57.0. The van der Waals surface area contributed by atoms with E-state index in [0.717, 1.165) is 12.8 Å². The van der Waals surface area contributed by atoms with Crippen molar-refractivity contribution in [2.24, 2.45) is 10.3 Å². The first-order valence-corrected chi connectivity index (χ1v) is 1.29. The Kier molecular flexibility index (Phi) is 48.3. The zero-order valence-electron chi connectivity index (χ0n) is 4.04. The molecule has 0 aromatic rings. The molecule has 0 rings (SSSR count). The molecular formula is C2H4FeN2O4. The maximum Gasteiger partial charge on any atom is 2.00 e. The normalized spacial score (nSPS) is 8.00. The smallest absolute Gasteiger partial charge is 0.683 e. The molecule has 0 heterocycles. The van der Waals surface area contributed by atoms with Gasteiger partial charge in [0.15, 0.2) is 0 Å². The van der Waals surface area contributed by atoms with Crippen LogP contribution in [0.1, 0.15) is 0 Å². The first-order valence-electron chi connectivity index (χ1n) is 1.29. The second-order valence-corrected chi connectivity index (χ2v) is 0.400. The minimum atomic E-state index is 0. The number of rotatable bonds is 0. The van der Waals surface area contributed by atoms with E-state index in [1.807, 2.05) is 10.3 Å². The Morgan fingerprint density at radius 1 is 0.889 bits per heavy atom. The van der Waals surface area contributed by atoms with Gasteiger partial charge in [-0.05, 0) is 0 Å². The van der Waals surface area contributed by atoms with Crippen LogP contribution in [0.4, 0.5) is 0 Å². The van der Waals surface area contributed by atoms with E-state index in [1.165, 1.54) is 0 Å². The molecule has 0 saturated heterocycles. The number of aliphatic hydroxyl groups is 2. The second-order valence-electron chi connectivity index (χ2n) is 0.400. The molecule has 0 fully saturated rings. The Labute approximate surface area is 61.6 Å². The number of hydrogen-bond donors (Lipinski definition) is 4. The van der Waals surface area contributed by atoms with Gasteiger partial charge in [0.1, 0.15) is 0 Å². The summed E-state index contributed by atoms with van der Waals surface area (Å²) >= 11 is 0. The molecule has 0 atom stereocenters. The van der Waals surface area contributed by atoms with Crippen molar-refractivity contribution >= 4 is 12.8 Å². The van der Waals surface area contributed by atoms with E-state index < -0.39 is 0 Å². The molecule has 0 amide bonds. The summed E-state index contributed by atoms with van der Waals surface area (Å²) in [5, 5.41) is 32.8. The van der Waals surface area contributed by atoms with Crippen LogP contribution in [0.5, 0.6) is 0 Å². The van der Waals surface area contributed by atoms with Gasteiger partial charge in [0.25, 0.3) is 0 Å². The van der Waals surface area contributed by atoms with Crippen molar-refractivity contribution in [3.63, 3.8) is 0 Å². The Balaban J connectivity index is -0.0000000720. The summed E-state index contributed by atoms with van der Waals surface area (Å²) in [5.74, 6) is 0. The molecule has 0 aliphatic rings. The van der Waals surface area contributed by atoms with Crippen molar-refractivity contribution in [2.45, 2.75) is 0 Å². The second kappa shape index (κ2) is 27.7. The van der Waals surface area contributed by atoms with E-state index in [1.54, 1.807) is 0 Å².